The van der Waals surface area contributed by atoms with Crippen molar-refractivity contribution in [3.63, 3.8) is 0 Å². The van der Waals surface area contributed by atoms with Crippen LogP contribution >= 0.6 is 0 Å². The lowest BCUT2D eigenvalue weighted by atomic mass is 10.1. The summed E-state index contributed by atoms with van der Waals surface area (Å²) in [6.45, 7) is 5.31. The molecule has 0 spiro atoms. The van der Waals surface area contributed by atoms with Crippen LogP contribution < -0.4 is 10.5 Å². The minimum Gasteiger partial charge on any atom is -0.493 e. The molecule has 2 rings (SSSR count). The van der Waals surface area contributed by atoms with Gasteiger partial charge in [-0.25, -0.2) is 8.42 Å². The van der Waals surface area contributed by atoms with Gasteiger partial charge in [-0.15, -0.1) is 0 Å². The molecule has 0 amide bonds. The Kier molecular flexibility index (Phi) is 4.12. The molecule has 5 heteroatoms. The van der Waals surface area contributed by atoms with E-state index in [0.717, 1.165) is 18.6 Å². The fourth-order valence-corrected chi connectivity index (χ4v) is 3.21. The van der Waals surface area contributed by atoms with Gasteiger partial charge in [0.05, 0.1) is 10.5 Å². The van der Waals surface area contributed by atoms with E-state index in [1.807, 2.05) is 18.2 Å². The van der Waals surface area contributed by atoms with Gasteiger partial charge in [-0.1, -0.05) is 6.07 Å². The predicted molar refractivity (Wildman–Crippen MR) is 80.7 cm³/mol. The Morgan fingerprint density at radius 3 is 2.70 bits per heavy atom. The third-order valence-electron chi connectivity index (χ3n) is 3.79. The van der Waals surface area contributed by atoms with Gasteiger partial charge in [0.1, 0.15) is 12.4 Å². The molecule has 0 saturated carbocycles. The minimum absolute atomic E-state index is 0.0348. The summed E-state index contributed by atoms with van der Waals surface area (Å²) in [5.41, 5.74) is 8.38. The number of aryl methyl sites for hydroxylation is 1. The topological polar surface area (TPSA) is 69.4 Å². The summed E-state index contributed by atoms with van der Waals surface area (Å²) < 4.78 is 28.8. The number of hydrogen-bond donors (Lipinski definition) is 1. The summed E-state index contributed by atoms with van der Waals surface area (Å²) in [7, 11) is -3.13. The first kappa shape index (κ1) is 15.3. The van der Waals surface area contributed by atoms with Gasteiger partial charge in [0, 0.05) is 6.04 Å². The highest BCUT2D eigenvalue weighted by Gasteiger charge is 2.28. The molecule has 20 heavy (non-hydrogen) atoms. The van der Waals surface area contributed by atoms with Crippen molar-refractivity contribution in [2.24, 2.45) is 5.73 Å². The van der Waals surface area contributed by atoms with Gasteiger partial charge in [0.2, 0.25) is 0 Å². The van der Waals surface area contributed by atoms with Crippen LogP contribution in [0.5, 0.6) is 5.75 Å². The second-order valence-corrected chi connectivity index (χ2v) is 9.15. The van der Waals surface area contributed by atoms with Crippen LogP contribution in [0.1, 0.15) is 44.4 Å². The first-order valence-electron chi connectivity index (χ1n) is 6.94. The summed E-state index contributed by atoms with van der Waals surface area (Å²) in [5.74, 6) is 0.759. The van der Waals surface area contributed by atoms with E-state index in [2.05, 4.69) is 0 Å². The first-order chi connectivity index (χ1) is 9.21. The van der Waals surface area contributed by atoms with Crippen LogP contribution in [0.4, 0.5) is 0 Å². The van der Waals surface area contributed by atoms with Crippen molar-refractivity contribution < 1.29 is 13.2 Å². The van der Waals surface area contributed by atoms with Crippen molar-refractivity contribution in [2.45, 2.75) is 44.4 Å². The highest BCUT2D eigenvalue weighted by atomic mass is 32.2. The third-order valence-corrected chi connectivity index (χ3v) is 6.36. The van der Waals surface area contributed by atoms with Crippen molar-refractivity contribution in [1.29, 1.82) is 0 Å². The number of hydrogen-bond acceptors (Lipinski definition) is 4. The van der Waals surface area contributed by atoms with Gasteiger partial charge in [0.15, 0.2) is 9.84 Å². The second-order valence-electron chi connectivity index (χ2n) is 6.29. The zero-order valence-electron chi connectivity index (χ0n) is 12.3. The molecule has 0 fully saturated rings. The lowest BCUT2D eigenvalue weighted by molar-refractivity contribution is 0.339. The highest BCUT2D eigenvalue weighted by Crippen LogP contribution is 2.31. The lowest BCUT2D eigenvalue weighted by Gasteiger charge is -2.19. The number of benzene rings is 1. The maximum atomic E-state index is 12.0. The molecular weight excluding hydrogens is 274 g/mol. The number of fused-ring (bicyclic) bond motifs is 1. The van der Waals surface area contributed by atoms with E-state index >= 15 is 0 Å². The number of rotatable bonds is 4. The van der Waals surface area contributed by atoms with Crippen molar-refractivity contribution in [3.8, 4) is 5.75 Å². The van der Waals surface area contributed by atoms with E-state index in [0.29, 0.717) is 0 Å². The Hall–Kier alpha value is -1.07. The van der Waals surface area contributed by atoms with E-state index in [4.69, 9.17) is 10.5 Å². The molecule has 0 unspecified atom stereocenters. The molecule has 2 N–H and O–H groups in total. The Bertz CT molecular complexity index is 588. The summed E-state index contributed by atoms with van der Waals surface area (Å²) in [5, 5.41) is 0. The van der Waals surface area contributed by atoms with Crippen molar-refractivity contribution in [3.05, 3.63) is 29.3 Å². The number of ether oxygens (including phenoxy) is 1. The molecule has 1 atom stereocenters. The Morgan fingerprint density at radius 2 is 2.05 bits per heavy atom. The number of sulfone groups is 1. The first-order valence-corrected chi connectivity index (χ1v) is 8.59. The summed E-state index contributed by atoms with van der Waals surface area (Å²) >= 11 is 0. The van der Waals surface area contributed by atoms with Crippen LogP contribution in [0.15, 0.2) is 18.2 Å². The molecule has 112 valence electrons. The highest BCUT2D eigenvalue weighted by molar-refractivity contribution is 7.92. The molecule has 0 aromatic heterocycles. The van der Waals surface area contributed by atoms with Crippen LogP contribution in [0.3, 0.4) is 0 Å². The molecule has 1 aromatic rings. The average molecular weight is 297 g/mol. The molecule has 4 nitrogen and oxygen atoms in total. The van der Waals surface area contributed by atoms with Crippen LogP contribution in [-0.4, -0.2) is 25.5 Å². The van der Waals surface area contributed by atoms with E-state index in [1.165, 1.54) is 11.1 Å². The third kappa shape index (κ3) is 3.15. The van der Waals surface area contributed by atoms with Crippen LogP contribution in [0, 0.1) is 0 Å². The lowest BCUT2D eigenvalue weighted by Crippen LogP contribution is -2.32. The standard InChI is InChI=1S/C15H23NO3S/c1-15(2,3)20(17,18)9-8-19-12-5-6-13-11(10-12)4-7-14(13)16/h5-6,10,14H,4,7-9,16H2,1-3H3/t14-/m0/s1. The zero-order chi connectivity index (χ0) is 15.0. The van der Waals surface area contributed by atoms with Crippen molar-refractivity contribution in [2.75, 3.05) is 12.4 Å². The Labute approximate surface area is 121 Å². The summed E-state index contributed by atoms with van der Waals surface area (Å²) in [4.78, 5) is 0. The van der Waals surface area contributed by atoms with Gasteiger partial charge >= 0.3 is 0 Å². The molecule has 0 saturated heterocycles. The molecule has 1 aromatic carbocycles. The van der Waals surface area contributed by atoms with Crippen LogP contribution in [0.2, 0.25) is 0 Å². The smallest absolute Gasteiger partial charge is 0.158 e. The molecule has 0 radical (unpaired) electrons. The van der Waals surface area contributed by atoms with E-state index in [1.54, 1.807) is 20.8 Å². The molecule has 1 aliphatic rings. The monoisotopic (exact) mass is 297 g/mol. The largest absolute Gasteiger partial charge is 0.493 e. The average Bonchev–Trinajstić information content (AvgIpc) is 2.69. The fraction of sp³-hybridized carbons (Fsp3) is 0.600. The Morgan fingerprint density at radius 1 is 1.35 bits per heavy atom. The van der Waals surface area contributed by atoms with Gasteiger partial charge in [-0.3, -0.25) is 0 Å². The Balaban J connectivity index is 1.96. The maximum absolute atomic E-state index is 12.0. The molecule has 1 aliphatic carbocycles. The number of nitrogens with two attached hydrogens (primary N) is 1. The van der Waals surface area contributed by atoms with Crippen LogP contribution in [-0.2, 0) is 16.3 Å². The minimum atomic E-state index is -3.13. The van der Waals surface area contributed by atoms with Gasteiger partial charge in [-0.2, -0.15) is 0 Å². The predicted octanol–water partition coefficient (Wildman–Crippen LogP) is 2.22. The SMILES string of the molecule is CC(C)(C)S(=O)(=O)CCOc1ccc2c(c1)CC[C@@H]2N. The molecule has 0 bridgehead atoms. The normalized spacial score (nSPS) is 18.9. The maximum Gasteiger partial charge on any atom is 0.158 e. The van der Waals surface area contributed by atoms with Gasteiger partial charge in [-0.05, 0) is 56.9 Å². The fourth-order valence-electron chi connectivity index (χ4n) is 2.29. The van der Waals surface area contributed by atoms with Gasteiger partial charge in [0.25, 0.3) is 0 Å². The van der Waals surface area contributed by atoms with Gasteiger partial charge < -0.3 is 10.5 Å². The quantitative estimate of drug-likeness (QED) is 0.925. The molecule has 0 heterocycles. The van der Waals surface area contributed by atoms with Crippen molar-refractivity contribution >= 4 is 9.84 Å². The second kappa shape index (κ2) is 5.37. The van der Waals surface area contributed by atoms with E-state index in [-0.39, 0.29) is 18.4 Å². The zero-order valence-corrected chi connectivity index (χ0v) is 13.2. The summed E-state index contributed by atoms with van der Waals surface area (Å²) in [6.07, 6.45) is 1.94. The van der Waals surface area contributed by atoms with E-state index in [9.17, 15) is 8.42 Å². The summed E-state index contributed by atoms with van der Waals surface area (Å²) in [6, 6.07) is 5.96. The van der Waals surface area contributed by atoms with Crippen molar-refractivity contribution in [1.82, 2.24) is 0 Å². The van der Waals surface area contributed by atoms with E-state index < -0.39 is 14.6 Å². The molecular formula is C15H23NO3S. The van der Waals surface area contributed by atoms with Crippen LogP contribution in [0.25, 0.3) is 0 Å². The molecule has 0 aliphatic heterocycles.